The lowest BCUT2D eigenvalue weighted by Gasteiger charge is -2.11. The quantitative estimate of drug-likeness (QED) is 0.166. The maximum atomic E-state index is 13.4. The van der Waals surface area contributed by atoms with E-state index in [0.29, 0.717) is 0 Å². The molecule has 4 rings (SSSR count). The predicted octanol–water partition coefficient (Wildman–Crippen LogP) is 2.89. The van der Waals surface area contributed by atoms with Crippen molar-refractivity contribution in [2.24, 2.45) is 0 Å². The molecule has 0 amide bonds. The predicted molar refractivity (Wildman–Crippen MR) is 141 cm³/mol. The Balaban J connectivity index is 1.76. The summed E-state index contributed by atoms with van der Waals surface area (Å²) < 4.78 is 91.1. The van der Waals surface area contributed by atoms with Crippen molar-refractivity contribution < 1.29 is 54.2 Å². The second-order valence-electron chi connectivity index (χ2n) is 8.53. The Morgan fingerprint density at radius 3 is 1.20 bits per heavy atom. The molecule has 0 heterocycles. The van der Waals surface area contributed by atoms with Crippen LogP contribution in [0, 0.1) is 0 Å². The average molecular weight is 619 g/mol. The molecule has 0 radical (unpaired) electrons. The number of phenolic OH excluding ortho intramolecular Hbond substituents is 2. The number of aromatic hydroxyl groups is 2. The molecule has 212 valence electrons. The number of hydrogen-bond acceptors (Lipinski definition) is 10. The molecular weight excluding hydrogens is 600 g/mol. The Bertz CT molecular complexity index is 1920. The maximum Gasteiger partial charge on any atom is 0.294 e. The van der Waals surface area contributed by atoms with Crippen molar-refractivity contribution >= 4 is 41.6 Å². The number of rotatable bonds is 8. The van der Waals surface area contributed by atoms with Crippen LogP contribution < -0.4 is 0 Å². The van der Waals surface area contributed by atoms with Crippen LogP contribution in [0.4, 0.5) is 0 Å². The summed E-state index contributed by atoms with van der Waals surface area (Å²) in [5.74, 6) is -3.20. The van der Waals surface area contributed by atoms with E-state index < -0.39 is 83.8 Å². The van der Waals surface area contributed by atoms with Crippen molar-refractivity contribution in [3.05, 3.63) is 107 Å². The van der Waals surface area contributed by atoms with Crippen LogP contribution in [0.5, 0.6) is 11.5 Å². The van der Waals surface area contributed by atoms with E-state index in [-0.39, 0.29) is 11.1 Å². The van der Waals surface area contributed by atoms with E-state index in [1.54, 1.807) is 0 Å². The van der Waals surface area contributed by atoms with Crippen molar-refractivity contribution in [3.8, 4) is 11.5 Å². The van der Waals surface area contributed by atoms with Crippen molar-refractivity contribution in [1.82, 2.24) is 0 Å². The van der Waals surface area contributed by atoms with Crippen LogP contribution >= 0.6 is 0 Å². The van der Waals surface area contributed by atoms with Crippen LogP contribution in [0.25, 0.3) is 0 Å². The van der Waals surface area contributed by atoms with Gasteiger partial charge in [-0.3, -0.25) is 18.7 Å². The van der Waals surface area contributed by atoms with Crippen molar-refractivity contribution in [3.63, 3.8) is 0 Å². The highest BCUT2D eigenvalue weighted by Crippen LogP contribution is 2.31. The second-order valence-corrected chi connectivity index (χ2v) is 13.3. The molecule has 0 aliphatic rings. The fourth-order valence-corrected chi connectivity index (χ4v) is 6.14. The van der Waals surface area contributed by atoms with Crippen molar-refractivity contribution in [2.45, 2.75) is 19.6 Å². The SMILES string of the molecule is O=C(c1cccc(S(=O)(=O)O)c1)c1cc(S(=O)(=O)c2ccc(O)c(C(=O)c3cccc(S(=O)(=O)O)c3)c2)ccc1O. The van der Waals surface area contributed by atoms with E-state index >= 15 is 0 Å². The van der Waals surface area contributed by atoms with Gasteiger partial charge in [-0.2, -0.15) is 16.8 Å². The standard InChI is InChI=1S/C26H18O12S3/c27-23-9-7-17(13-21(23)25(29)15-3-1-5-19(11-15)40(33,34)35)39(31,32)18-8-10-24(28)22(14-18)26(30)16-4-2-6-20(12-16)41(36,37)38/h1-14,27-28H,(H,33,34,35)(H,36,37,38). The molecule has 15 heteroatoms. The smallest absolute Gasteiger partial charge is 0.294 e. The molecule has 41 heavy (non-hydrogen) atoms. The Morgan fingerprint density at radius 2 is 0.854 bits per heavy atom. The summed E-state index contributed by atoms with van der Waals surface area (Å²) in [6.07, 6.45) is 0. The minimum atomic E-state index is -4.66. The van der Waals surface area contributed by atoms with Gasteiger partial charge in [0.2, 0.25) is 9.84 Å². The third-order valence-electron chi connectivity index (χ3n) is 5.83. The number of phenols is 2. The number of carbonyl (C=O) groups is 2. The first-order chi connectivity index (χ1) is 19.0. The van der Waals surface area contributed by atoms with Gasteiger partial charge in [-0.05, 0) is 60.7 Å². The Labute approximate surface area is 233 Å². The van der Waals surface area contributed by atoms with E-state index in [1.807, 2.05) is 0 Å². The zero-order valence-electron chi connectivity index (χ0n) is 20.4. The largest absolute Gasteiger partial charge is 0.507 e. The molecule has 0 aliphatic heterocycles. The minimum Gasteiger partial charge on any atom is -0.507 e. The maximum absolute atomic E-state index is 13.4. The third-order valence-corrected chi connectivity index (χ3v) is 9.28. The number of benzene rings is 4. The summed E-state index contributed by atoms with van der Waals surface area (Å²) in [4.78, 5) is 23.8. The van der Waals surface area contributed by atoms with E-state index in [0.717, 1.165) is 72.8 Å². The topological polar surface area (TPSA) is 217 Å². The van der Waals surface area contributed by atoms with Gasteiger partial charge < -0.3 is 10.2 Å². The molecule has 0 aromatic heterocycles. The van der Waals surface area contributed by atoms with E-state index in [2.05, 4.69) is 0 Å². The molecule has 0 aliphatic carbocycles. The molecule has 4 N–H and O–H groups in total. The van der Waals surface area contributed by atoms with Gasteiger partial charge in [0.1, 0.15) is 11.5 Å². The molecule has 12 nitrogen and oxygen atoms in total. The van der Waals surface area contributed by atoms with E-state index in [1.165, 1.54) is 12.1 Å². The first-order valence-electron chi connectivity index (χ1n) is 11.2. The van der Waals surface area contributed by atoms with E-state index in [9.17, 15) is 54.2 Å². The number of ketones is 2. The van der Waals surface area contributed by atoms with Crippen LogP contribution in [0.3, 0.4) is 0 Å². The lowest BCUT2D eigenvalue weighted by molar-refractivity contribution is 0.102. The summed E-state index contributed by atoms with van der Waals surface area (Å²) in [5.41, 5.74) is -1.60. The van der Waals surface area contributed by atoms with Gasteiger partial charge in [0, 0.05) is 11.1 Å². The lowest BCUT2D eigenvalue weighted by atomic mass is 10.0. The molecule has 0 unspecified atom stereocenters. The fraction of sp³-hybridized carbons (Fsp3) is 0. The molecule has 0 saturated heterocycles. The summed E-state index contributed by atoms with van der Waals surface area (Å²) in [5, 5.41) is 20.5. The summed E-state index contributed by atoms with van der Waals surface area (Å²) in [7, 11) is -13.8. The fourth-order valence-electron chi connectivity index (χ4n) is 3.77. The molecule has 4 aromatic carbocycles. The number of carbonyl (C=O) groups excluding carboxylic acids is 2. The van der Waals surface area contributed by atoms with Crippen LogP contribution in [0.1, 0.15) is 31.8 Å². The molecule has 0 atom stereocenters. The summed E-state index contributed by atoms with van der Waals surface area (Å²) in [6, 6.07) is 13.9. The van der Waals surface area contributed by atoms with Crippen LogP contribution in [0.2, 0.25) is 0 Å². The molecule has 0 bridgehead atoms. The molecular formula is C26H18O12S3. The highest BCUT2D eigenvalue weighted by atomic mass is 32.2. The molecule has 0 fully saturated rings. The van der Waals surface area contributed by atoms with Gasteiger partial charge in [-0.25, -0.2) is 8.42 Å². The van der Waals surface area contributed by atoms with Gasteiger partial charge in [-0.15, -0.1) is 0 Å². The zero-order chi connectivity index (χ0) is 30.3. The highest BCUT2D eigenvalue weighted by molar-refractivity contribution is 7.91. The Kier molecular flexibility index (Phi) is 7.59. The first kappa shape index (κ1) is 29.6. The lowest BCUT2D eigenvalue weighted by Crippen LogP contribution is -2.09. The van der Waals surface area contributed by atoms with Crippen LogP contribution in [-0.2, 0) is 30.1 Å². The minimum absolute atomic E-state index is 0.283. The number of hydrogen-bond donors (Lipinski definition) is 4. The second kappa shape index (κ2) is 10.5. The first-order valence-corrected chi connectivity index (χ1v) is 15.5. The van der Waals surface area contributed by atoms with Gasteiger partial charge in [-0.1, -0.05) is 24.3 Å². The zero-order valence-corrected chi connectivity index (χ0v) is 22.8. The van der Waals surface area contributed by atoms with Gasteiger partial charge in [0.15, 0.2) is 11.6 Å². The van der Waals surface area contributed by atoms with Crippen molar-refractivity contribution in [2.75, 3.05) is 0 Å². The normalized spacial score (nSPS) is 12.1. The van der Waals surface area contributed by atoms with Gasteiger partial charge >= 0.3 is 0 Å². The van der Waals surface area contributed by atoms with Gasteiger partial charge in [0.05, 0.1) is 30.7 Å². The Hall–Kier alpha value is -4.41. The molecule has 4 aromatic rings. The Morgan fingerprint density at radius 1 is 0.488 bits per heavy atom. The van der Waals surface area contributed by atoms with Crippen LogP contribution in [0.15, 0.2) is 105 Å². The average Bonchev–Trinajstić information content (AvgIpc) is 2.92. The summed E-state index contributed by atoms with van der Waals surface area (Å²) in [6.45, 7) is 0. The van der Waals surface area contributed by atoms with Crippen molar-refractivity contribution in [1.29, 1.82) is 0 Å². The monoisotopic (exact) mass is 618 g/mol. The van der Waals surface area contributed by atoms with E-state index in [4.69, 9.17) is 0 Å². The molecule has 0 spiro atoms. The summed E-state index contributed by atoms with van der Waals surface area (Å²) >= 11 is 0. The van der Waals surface area contributed by atoms with Crippen LogP contribution in [-0.4, -0.2) is 56.1 Å². The highest BCUT2D eigenvalue weighted by Gasteiger charge is 2.25. The molecule has 0 saturated carbocycles. The number of sulfone groups is 1. The third kappa shape index (κ3) is 6.03. The van der Waals surface area contributed by atoms with Gasteiger partial charge in [0.25, 0.3) is 20.2 Å².